The van der Waals surface area contributed by atoms with E-state index in [0.29, 0.717) is 25.3 Å². The fourth-order valence-corrected chi connectivity index (χ4v) is 2.76. The predicted molar refractivity (Wildman–Crippen MR) is 84.4 cm³/mol. The Morgan fingerprint density at radius 2 is 2.14 bits per heavy atom. The summed E-state index contributed by atoms with van der Waals surface area (Å²) in [5.74, 6) is 0.180. The van der Waals surface area contributed by atoms with Gasteiger partial charge in [0.15, 0.2) is 0 Å². The van der Waals surface area contributed by atoms with Gasteiger partial charge in [0.1, 0.15) is 5.69 Å². The Morgan fingerprint density at radius 1 is 1.41 bits per heavy atom. The van der Waals surface area contributed by atoms with Crippen molar-refractivity contribution in [2.75, 3.05) is 19.6 Å². The minimum absolute atomic E-state index is 0.00939. The molecule has 1 amide bonds. The fourth-order valence-electron chi connectivity index (χ4n) is 2.76. The zero-order chi connectivity index (χ0) is 15.7. The van der Waals surface area contributed by atoms with E-state index in [1.54, 1.807) is 11.0 Å². The Bertz CT molecular complexity index is 677. The van der Waals surface area contributed by atoms with Crippen LogP contribution >= 0.6 is 0 Å². The Balaban J connectivity index is 1.76. The van der Waals surface area contributed by atoms with Crippen molar-refractivity contribution in [3.05, 3.63) is 41.7 Å². The molecule has 1 unspecified atom stereocenters. The van der Waals surface area contributed by atoms with Crippen molar-refractivity contribution in [1.82, 2.24) is 10.1 Å². The summed E-state index contributed by atoms with van der Waals surface area (Å²) in [5.41, 5.74) is 8.61. The maximum atomic E-state index is 12.5. The van der Waals surface area contributed by atoms with E-state index in [1.807, 2.05) is 31.2 Å². The van der Waals surface area contributed by atoms with Gasteiger partial charge in [-0.2, -0.15) is 0 Å². The lowest BCUT2D eigenvalue weighted by atomic mass is 9.90. The molecule has 1 fully saturated rings. The molecule has 1 atom stereocenters. The van der Waals surface area contributed by atoms with Crippen LogP contribution in [0.1, 0.15) is 29.5 Å². The van der Waals surface area contributed by atoms with Gasteiger partial charge in [0.2, 0.25) is 5.76 Å². The number of aromatic nitrogens is 1. The molecule has 22 heavy (non-hydrogen) atoms. The second-order valence-electron chi connectivity index (χ2n) is 6.43. The molecule has 5 nitrogen and oxygen atoms in total. The highest BCUT2D eigenvalue weighted by Crippen LogP contribution is 2.30. The predicted octanol–water partition coefficient (Wildman–Crippen LogP) is 2.46. The van der Waals surface area contributed by atoms with Crippen LogP contribution in [0.3, 0.4) is 0 Å². The number of nitrogens with two attached hydrogens (primary N) is 1. The van der Waals surface area contributed by atoms with Gasteiger partial charge >= 0.3 is 0 Å². The van der Waals surface area contributed by atoms with E-state index in [9.17, 15) is 4.79 Å². The van der Waals surface area contributed by atoms with Gasteiger partial charge < -0.3 is 15.2 Å². The minimum atomic E-state index is -0.108. The van der Waals surface area contributed by atoms with E-state index in [4.69, 9.17) is 10.3 Å². The molecule has 0 saturated carbocycles. The van der Waals surface area contributed by atoms with E-state index in [2.05, 4.69) is 12.1 Å². The van der Waals surface area contributed by atoms with Crippen molar-refractivity contribution < 1.29 is 9.32 Å². The van der Waals surface area contributed by atoms with Gasteiger partial charge in [-0.15, -0.1) is 0 Å². The quantitative estimate of drug-likeness (QED) is 0.945. The summed E-state index contributed by atoms with van der Waals surface area (Å²) in [7, 11) is 0. The third-order valence-corrected chi connectivity index (χ3v) is 4.41. The largest absolute Gasteiger partial charge is 0.350 e. The molecule has 3 rings (SSSR count). The summed E-state index contributed by atoms with van der Waals surface area (Å²) in [6.45, 7) is 6.11. The van der Waals surface area contributed by atoms with E-state index in [-0.39, 0.29) is 17.1 Å². The summed E-state index contributed by atoms with van der Waals surface area (Å²) >= 11 is 0. The van der Waals surface area contributed by atoms with Crippen LogP contribution in [0.5, 0.6) is 0 Å². The van der Waals surface area contributed by atoms with Gasteiger partial charge in [0, 0.05) is 24.7 Å². The molecule has 0 bridgehead atoms. The first kappa shape index (κ1) is 14.8. The van der Waals surface area contributed by atoms with Gasteiger partial charge in [-0.25, -0.2) is 0 Å². The van der Waals surface area contributed by atoms with Gasteiger partial charge in [-0.05, 0) is 25.3 Å². The number of aryl methyl sites for hydroxylation is 1. The fraction of sp³-hybridized carbons (Fsp3) is 0.412. The highest BCUT2D eigenvalue weighted by molar-refractivity contribution is 5.92. The molecule has 5 heteroatoms. The number of carbonyl (C=O) groups excluding carboxylic acids is 1. The molecule has 1 saturated heterocycles. The summed E-state index contributed by atoms with van der Waals surface area (Å²) in [6, 6.07) is 9.69. The maximum Gasteiger partial charge on any atom is 0.292 e. The zero-order valence-electron chi connectivity index (χ0n) is 13.0. The van der Waals surface area contributed by atoms with Crippen LogP contribution in [-0.2, 0) is 0 Å². The first-order chi connectivity index (χ1) is 10.5. The van der Waals surface area contributed by atoms with Crippen molar-refractivity contribution in [2.24, 2.45) is 11.1 Å². The number of benzene rings is 1. The van der Waals surface area contributed by atoms with E-state index in [0.717, 1.165) is 12.0 Å². The molecule has 1 aromatic carbocycles. The van der Waals surface area contributed by atoms with Gasteiger partial charge in [0.05, 0.1) is 0 Å². The number of likely N-dealkylation sites (tertiary alicyclic amines) is 1. The molecule has 0 aliphatic carbocycles. The highest BCUT2D eigenvalue weighted by atomic mass is 16.5. The molecular formula is C17H21N3O2. The number of nitrogens with zero attached hydrogens (tertiary/aromatic N) is 2. The normalized spacial score (nSPS) is 21.3. The highest BCUT2D eigenvalue weighted by Gasteiger charge is 2.36. The first-order valence-corrected chi connectivity index (χ1v) is 7.54. The van der Waals surface area contributed by atoms with Crippen LogP contribution in [-0.4, -0.2) is 35.6 Å². The number of hydrogen-bond donors (Lipinski definition) is 1. The van der Waals surface area contributed by atoms with E-state index >= 15 is 0 Å². The number of hydrogen-bond acceptors (Lipinski definition) is 4. The maximum absolute atomic E-state index is 12.5. The second kappa shape index (κ2) is 5.57. The Labute approximate surface area is 130 Å². The van der Waals surface area contributed by atoms with Crippen molar-refractivity contribution >= 4 is 5.91 Å². The summed E-state index contributed by atoms with van der Waals surface area (Å²) in [5, 5.41) is 4.02. The zero-order valence-corrected chi connectivity index (χ0v) is 13.0. The van der Waals surface area contributed by atoms with Crippen LogP contribution < -0.4 is 5.73 Å². The summed E-state index contributed by atoms with van der Waals surface area (Å²) in [4.78, 5) is 14.3. The van der Waals surface area contributed by atoms with Crippen molar-refractivity contribution in [3.8, 4) is 11.3 Å². The molecule has 0 spiro atoms. The molecule has 2 aromatic rings. The molecular weight excluding hydrogens is 278 g/mol. The van der Waals surface area contributed by atoms with Crippen molar-refractivity contribution in [3.63, 3.8) is 0 Å². The van der Waals surface area contributed by atoms with Gasteiger partial charge in [-0.1, -0.05) is 41.9 Å². The minimum Gasteiger partial charge on any atom is -0.350 e. The second-order valence-corrected chi connectivity index (χ2v) is 6.43. The summed E-state index contributed by atoms with van der Waals surface area (Å²) in [6.07, 6.45) is 0.925. The van der Waals surface area contributed by atoms with Crippen LogP contribution in [0.2, 0.25) is 0 Å². The lowest BCUT2D eigenvalue weighted by Crippen LogP contribution is -2.34. The van der Waals surface area contributed by atoms with Gasteiger partial charge in [-0.3, -0.25) is 4.79 Å². The molecule has 1 aliphatic heterocycles. The monoisotopic (exact) mass is 299 g/mol. The third-order valence-electron chi connectivity index (χ3n) is 4.41. The number of amides is 1. The Kier molecular flexibility index (Phi) is 3.74. The molecule has 116 valence electrons. The topological polar surface area (TPSA) is 72.4 Å². The molecule has 1 aliphatic rings. The van der Waals surface area contributed by atoms with Crippen molar-refractivity contribution in [1.29, 1.82) is 0 Å². The lowest BCUT2D eigenvalue weighted by molar-refractivity contribution is 0.0735. The van der Waals surface area contributed by atoms with Crippen LogP contribution in [0, 0.1) is 12.3 Å². The Hall–Kier alpha value is -2.14. The molecule has 2 heterocycles. The first-order valence-electron chi connectivity index (χ1n) is 7.54. The third kappa shape index (κ3) is 2.76. The standard InChI is InChI=1S/C17H21N3O2/c1-12-3-5-13(6-4-12)14-9-15(22-19-14)16(21)20-8-7-17(2,10-18)11-20/h3-6,9H,7-8,10-11,18H2,1-2H3. The summed E-state index contributed by atoms with van der Waals surface area (Å²) < 4.78 is 5.25. The average Bonchev–Trinajstić information content (AvgIpc) is 3.15. The lowest BCUT2D eigenvalue weighted by Gasteiger charge is -2.21. The van der Waals surface area contributed by atoms with Crippen LogP contribution in [0.15, 0.2) is 34.9 Å². The SMILES string of the molecule is Cc1ccc(-c2cc(C(=O)N3CCC(C)(CN)C3)on2)cc1. The molecule has 2 N–H and O–H groups in total. The van der Waals surface area contributed by atoms with Gasteiger partial charge in [0.25, 0.3) is 5.91 Å². The van der Waals surface area contributed by atoms with Crippen LogP contribution in [0.4, 0.5) is 0 Å². The van der Waals surface area contributed by atoms with E-state index in [1.165, 1.54) is 5.56 Å². The smallest absolute Gasteiger partial charge is 0.292 e. The Morgan fingerprint density at radius 3 is 2.77 bits per heavy atom. The molecule has 0 radical (unpaired) electrons. The van der Waals surface area contributed by atoms with E-state index < -0.39 is 0 Å². The van der Waals surface area contributed by atoms with Crippen molar-refractivity contribution in [2.45, 2.75) is 20.3 Å². The number of carbonyl (C=O) groups is 1. The number of rotatable bonds is 3. The average molecular weight is 299 g/mol. The molecule has 1 aromatic heterocycles. The van der Waals surface area contributed by atoms with Crippen LogP contribution in [0.25, 0.3) is 11.3 Å².